The van der Waals surface area contributed by atoms with Crippen LogP contribution in [0.4, 0.5) is 5.13 Å². The van der Waals surface area contributed by atoms with Gasteiger partial charge in [-0.25, -0.2) is 4.98 Å². The number of nitrogens with zero attached hydrogens (tertiary/aromatic N) is 3. The summed E-state index contributed by atoms with van der Waals surface area (Å²) in [4.78, 5) is 10.7. The molecule has 0 radical (unpaired) electrons. The molecule has 0 fully saturated rings. The van der Waals surface area contributed by atoms with Gasteiger partial charge in [0.15, 0.2) is 5.13 Å². The molecule has 18 heavy (non-hydrogen) atoms. The largest absolute Gasteiger partial charge is 0.375 e. The van der Waals surface area contributed by atoms with Crippen LogP contribution in [0.15, 0.2) is 29.9 Å². The Morgan fingerprint density at radius 2 is 2.11 bits per heavy atom. The van der Waals surface area contributed by atoms with Crippen molar-refractivity contribution in [1.29, 1.82) is 0 Å². The zero-order chi connectivity index (χ0) is 12.8. The second-order valence-electron chi connectivity index (χ2n) is 4.15. The number of anilines is 1. The molecular weight excluding hydrogens is 244 g/mol. The van der Waals surface area contributed by atoms with Crippen LogP contribution >= 0.6 is 11.3 Å². The Morgan fingerprint density at radius 3 is 2.72 bits per heavy atom. The lowest BCUT2D eigenvalue weighted by Gasteiger charge is -2.19. The summed E-state index contributed by atoms with van der Waals surface area (Å²) in [6.45, 7) is 5.17. The summed E-state index contributed by atoms with van der Waals surface area (Å²) in [6.07, 6.45) is 4.63. The summed E-state index contributed by atoms with van der Waals surface area (Å²) >= 11 is 1.51. The lowest BCUT2D eigenvalue weighted by atomic mass is 10.2. The van der Waals surface area contributed by atoms with E-state index >= 15 is 0 Å². The molecule has 2 aromatic heterocycles. The van der Waals surface area contributed by atoms with Crippen molar-refractivity contribution in [2.45, 2.75) is 19.9 Å². The molecule has 4 nitrogen and oxygen atoms in total. The third-order valence-corrected chi connectivity index (χ3v) is 3.58. The number of likely N-dealkylation sites (N-methyl/N-ethyl adjacent to an activating group) is 1. The molecule has 0 saturated carbocycles. The molecule has 0 bridgehead atoms. The topological polar surface area (TPSA) is 55.0 Å². The van der Waals surface area contributed by atoms with Crippen LogP contribution in [0, 0.1) is 0 Å². The van der Waals surface area contributed by atoms with Crippen molar-refractivity contribution < 1.29 is 0 Å². The van der Waals surface area contributed by atoms with Crippen molar-refractivity contribution in [3.05, 3.63) is 41.2 Å². The number of pyridine rings is 1. The molecule has 0 aliphatic heterocycles. The summed E-state index contributed by atoms with van der Waals surface area (Å²) in [6, 6.07) is 4.12. The number of thiazole rings is 1. The van der Waals surface area contributed by atoms with E-state index in [4.69, 9.17) is 5.73 Å². The van der Waals surface area contributed by atoms with Gasteiger partial charge >= 0.3 is 0 Å². The molecule has 0 aromatic carbocycles. The number of aromatic nitrogens is 2. The van der Waals surface area contributed by atoms with Crippen molar-refractivity contribution in [3.63, 3.8) is 0 Å². The van der Waals surface area contributed by atoms with Gasteiger partial charge in [-0.1, -0.05) is 6.92 Å². The molecular formula is C13H18N4S. The summed E-state index contributed by atoms with van der Waals surface area (Å²) in [5.74, 6) is 0. The van der Waals surface area contributed by atoms with Crippen molar-refractivity contribution in [1.82, 2.24) is 14.9 Å². The minimum atomic E-state index is 0.655. The van der Waals surface area contributed by atoms with Gasteiger partial charge in [-0.3, -0.25) is 9.88 Å². The fourth-order valence-electron chi connectivity index (χ4n) is 1.81. The lowest BCUT2D eigenvalue weighted by Crippen LogP contribution is -2.25. The standard InChI is InChI=1S/C13H18N4S/c1-2-17(9-11-3-6-15-7-4-11)8-5-12-10-18-13(14)16-12/h3-4,6-7,10H,2,5,8-9H2,1H3,(H2,14,16). The van der Waals surface area contributed by atoms with Gasteiger partial charge < -0.3 is 5.73 Å². The van der Waals surface area contributed by atoms with Gasteiger partial charge in [0.25, 0.3) is 0 Å². The van der Waals surface area contributed by atoms with E-state index < -0.39 is 0 Å². The van der Waals surface area contributed by atoms with Crippen LogP contribution in [0.25, 0.3) is 0 Å². The molecule has 0 spiro atoms. The van der Waals surface area contributed by atoms with Crippen molar-refractivity contribution in [3.8, 4) is 0 Å². The maximum atomic E-state index is 5.63. The number of nitrogen functional groups attached to an aromatic ring is 1. The van der Waals surface area contributed by atoms with Crippen molar-refractivity contribution in [2.75, 3.05) is 18.8 Å². The fourth-order valence-corrected chi connectivity index (χ4v) is 2.40. The van der Waals surface area contributed by atoms with E-state index in [0.717, 1.165) is 31.7 Å². The Morgan fingerprint density at radius 1 is 1.33 bits per heavy atom. The van der Waals surface area contributed by atoms with Gasteiger partial charge in [0.05, 0.1) is 5.69 Å². The third kappa shape index (κ3) is 3.78. The van der Waals surface area contributed by atoms with Crippen LogP contribution < -0.4 is 5.73 Å². The minimum absolute atomic E-state index is 0.655. The lowest BCUT2D eigenvalue weighted by molar-refractivity contribution is 0.283. The highest BCUT2D eigenvalue weighted by Crippen LogP contribution is 2.12. The molecule has 0 amide bonds. The molecule has 2 aromatic rings. The van der Waals surface area contributed by atoms with E-state index in [1.54, 1.807) is 0 Å². The van der Waals surface area contributed by atoms with E-state index in [1.165, 1.54) is 16.9 Å². The Balaban J connectivity index is 1.86. The molecule has 0 unspecified atom stereocenters. The van der Waals surface area contributed by atoms with Gasteiger partial charge in [-0.2, -0.15) is 0 Å². The average molecular weight is 262 g/mol. The van der Waals surface area contributed by atoms with Crippen LogP contribution in [-0.2, 0) is 13.0 Å². The number of hydrogen-bond donors (Lipinski definition) is 1. The molecule has 2 N–H and O–H groups in total. The Labute approximate surface area is 111 Å². The van der Waals surface area contributed by atoms with Crippen LogP contribution in [0.2, 0.25) is 0 Å². The van der Waals surface area contributed by atoms with Gasteiger partial charge in [0.2, 0.25) is 0 Å². The zero-order valence-corrected chi connectivity index (χ0v) is 11.4. The summed E-state index contributed by atoms with van der Waals surface area (Å²) in [7, 11) is 0. The van der Waals surface area contributed by atoms with Gasteiger partial charge in [-0.05, 0) is 24.2 Å². The van der Waals surface area contributed by atoms with Crippen LogP contribution in [0.3, 0.4) is 0 Å². The molecule has 2 rings (SSSR count). The monoisotopic (exact) mass is 262 g/mol. The highest BCUT2D eigenvalue weighted by atomic mass is 32.1. The highest BCUT2D eigenvalue weighted by Gasteiger charge is 2.05. The first-order valence-electron chi connectivity index (χ1n) is 6.09. The van der Waals surface area contributed by atoms with E-state index in [1.807, 2.05) is 17.8 Å². The summed E-state index contributed by atoms with van der Waals surface area (Å²) in [5.41, 5.74) is 8.01. The van der Waals surface area contributed by atoms with Gasteiger partial charge in [0, 0.05) is 37.3 Å². The molecule has 96 valence electrons. The first kappa shape index (κ1) is 13.0. The Hall–Kier alpha value is -1.46. The molecule has 2 heterocycles. The summed E-state index contributed by atoms with van der Waals surface area (Å²) in [5, 5.41) is 2.69. The zero-order valence-electron chi connectivity index (χ0n) is 10.5. The maximum absolute atomic E-state index is 5.63. The third-order valence-electron chi connectivity index (χ3n) is 2.86. The van der Waals surface area contributed by atoms with Gasteiger partial charge in [-0.15, -0.1) is 11.3 Å². The van der Waals surface area contributed by atoms with E-state index in [2.05, 4.69) is 33.9 Å². The predicted molar refractivity (Wildman–Crippen MR) is 75.4 cm³/mol. The smallest absolute Gasteiger partial charge is 0.180 e. The fraction of sp³-hybridized carbons (Fsp3) is 0.385. The maximum Gasteiger partial charge on any atom is 0.180 e. The first-order chi connectivity index (χ1) is 8.78. The van der Waals surface area contributed by atoms with Crippen molar-refractivity contribution in [2.24, 2.45) is 0 Å². The van der Waals surface area contributed by atoms with E-state index in [0.29, 0.717) is 5.13 Å². The molecule has 5 heteroatoms. The number of hydrogen-bond acceptors (Lipinski definition) is 5. The highest BCUT2D eigenvalue weighted by molar-refractivity contribution is 7.13. The normalized spacial score (nSPS) is 11.0. The number of nitrogens with two attached hydrogens (primary N) is 1. The molecule has 0 atom stereocenters. The molecule has 0 saturated heterocycles. The number of rotatable bonds is 6. The van der Waals surface area contributed by atoms with Crippen LogP contribution in [0.5, 0.6) is 0 Å². The Bertz CT molecular complexity index is 469. The Kier molecular flexibility index (Phi) is 4.66. The quantitative estimate of drug-likeness (QED) is 0.867. The summed E-state index contributed by atoms with van der Waals surface area (Å²) < 4.78 is 0. The predicted octanol–water partition coefficient (Wildman–Crippen LogP) is 2.18. The first-order valence-corrected chi connectivity index (χ1v) is 6.97. The molecule has 0 aliphatic carbocycles. The van der Waals surface area contributed by atoms with E-state index in [-0.39, 0.29) is 0 Å². The van der Waals surface area contributed by atoms with Gasteiger partial charge in [0.1, 0.15) is 0 Å². The molecule has 0 aliphatic rings. The van der Waals surface area contributed by atoms with Crippen LogP contribution in [-0.4, -0.2) is 28.0 Å². The SMILES string of the molecule is CCN(CCc1csc(N)n1)Cc1ccncc1. The van der Waals surface area contributed by atoms with Crippen molar-refractivity contribution >= 4 is 16.5 Å². The van der Waals surface area contributed by atoms with E-state index in [9.17, 15) is 0 Å². The second kappa shape index (κ2) is 6.47. The minimum Gasteiger partial charge on any atom is -0.375 e. The average Bonchev–Trinajstić information content (AvgIpc) is 2.81. The van der Waals surface area contributed by atoms with Crippen LogP contribution in [0.1, 0.15) is 18.2 Å². The second-order valence-corrected chi connectivity index (χ2v) is 5.04.